The Kier molecular flexibility index (Phi) is 6.32. The van der Waals surface area contributed by atoms with Gasteiger partial charge in [-0.2, -0.15) is 0 Å². The zero-order chi connectivity index (χ0) is 21.3. The van der Waals surface area contributed by atoms with E-state index in [2.05, 4.69) is 0 Å². The number of likely N-dealkylation sites (tertiary alicyclic amines) is 1. The molecule has 1 atom stereocenters. The first-order valence-corrected chi connectivity index (χ1v) is 10.9. The highest BCUT2D eigenvalue weighted by molar-refractivity contribution is 6.36. The third-order valence-corrected chi connectivity index (χ3v) is 6.71. The number of carbonyl (C=O) groups excluding carboxylic acids is 1. The van der Waals surface area contributed by atoms with E-state index < -0.39 is 5.97 Å². The largest absolute Gasteiger partial charge is 0.478 e. The van der Waals surface area contributed by atoms with Crippen molar-refractivity contribution < 1.29 is 19.4 Å². The molecule has 2 aliphatic rings. The highest BCUT2D eigenvalue weighted by Gasteiger charge is 2.36. The lowest BCUT2D eigenvalue weighted by Gasteiger charge is -2.31. The van der Waals surface area contributed by atoms with Crippen LogP contribution < -0.4 is 0 Å². The number of amides is 1. The van der Waals surface area contributed by atoms with Crippen LogP contribution in [0.2, 0.25) is 10.0 Å². The molecule has 5 nitrogen and oxygen atoms in total. The fourth-order valence-electron chi connectivity index (χ4n) is 4.33. The number of halogens is 2. The molecule has 158 valence electrons. The molecule has 2 saturated heterocycles. The zero-order valence-corrected chi connectivity index (χ0v) is 18.0. The molecular weight excluding hydrogens is 425 g/mol. The van der Waals surface area contributed by atoms with Gasteiger partial charge in [-0.15, -0.1) is 0 Å². The summed E-state index contributed by atoms with van der Waals surface area (Å²) in [5.41, 5.74) is 2.66. The minimum atomic E-state index is -0.969. The molecule has 0 radical (unpaired) electrons. The minimum absolute atomic E-state index is 0.108. The highest BCUT2D eigenvalue weighted by Crippen LogP contribution is 2.36. The number of carboxylic acids is 1. The molecule has 0 saturated carbocycles. The fraction of sp³-hybridized carbons (Fsp3) is 0.391. The topological polar surface area (TPSA) is 66.8 Å². The van der Waals surface area contributed by atoms with Gasteiger partial charge in [0, 0.05) is 41.8 Å². The standard InChI is InChI=1S/C23H23Cl2NO4/c24-20-12-17(14-1-3-15(4-2-14)23(28)29)13-21(25)19(20)11-16-5-8-26(22(16)27)18-6-9-30-10-7-18/h1-4,12-13,16,18H,5-11H2,(H,28,29)/t16-/m0/s1. The maximum absolute atomic E-state index is 13.0. The van der Waals surface area contributed by atoms with Crippen LogP contribution in [0.5, 0.6) is 0 Å². The van der Waals surface area contributed by atoms with Crippen LogP contribution in [0.25, 0.3) is 11.1 Å². The van der Waals surface area contributed by atoms with Gasteiger partial charge >= 0.3 is 5.97 Å². The molecule has 7 heteroatoms. The smallest absolute Gasteiger partial charge is 0.335 e. The third kappa shape index (κ3) is 4.34. The summed E-state index contributed by atoms with van der Waals surface area (Å²) in [5.74, 6) is -0.894. The number of carbonyl (C=O) groups is 2. The maximum atomic E-state index is 13.0. The van der Waals surface area contributed by atoms with E-state index in [1.165, 1.54) is 0 Å². The number of nitrogens with zero attached hydrogens (tertiary/aromatic N) is 1. The summed E-state index contributed by atoms with van der Waals surface area (Å²) in [6, 6.07) is 10.5. The second kappa shape index (κ2) is 8.96. The molecule has 2 aromatic rings. The predicted octanol–water partition coefficient (Wildman–Crippen LogP) is 4.93. The van der Waals surface area contributed by atoms with Crippen molar-refractivity contribution in [2.24, 2.45) is 5.92 Å². The molecule has 0 unspecified atom stereocenters. The molecule has 2 heterocycles. The van der Waals surface area contributed by atoms with E-state index in [1.807, 2.05) is 17.0 Å². The molecule has 4 rings (SSSR count). The van der Waals surface area contributed by atoms with Crippen molar-refractivity contribution in [2.75, 3.05) is 19.8 Å². The summed E-state index contributed by atoms with van der Waals surface area (Å²) in [6.45, 7) is 2.20. The lowest BCUT2D eigenvalue weighted by Crippen LogP contribution is -2.41. The predicted molar refractivity (Wildman–Crippen MR) is 116 cm³/mol. The summed E-state index contributed by atoms with van der Waals surface area (Å²) in [6.07, 6.45) is 3.13. The Hall–Kier alpha value is -2.08. The number of hydrogen-bond acceptors (Lipinski definition) is 3. The van der Waals surface area contributed by atoms with Crippen LogP contribution in [0.4, 0.5) is 0 Å². The molecular formula is C23H23Cl2NO4. The Bertz CT molecular complexity index is 931. The van der Waals surface area contributed by atoms with Crippen LogP contribution in [-0.4, -0.2) is 47.7 Å². The molecule has 2 aromatic carbocycles. The van der Waals surface area contributed by atoms with Crippen LogP contribution in [0.3, 0.4) is 0 Å². The summed E-state index contributed by atoms with van der Waals surface area (Å²) in [7, 11) is 0. The van der Waals surface area contributed by atoms with Gasteiger partial charge in [0.25, 0.3) is 0 Å². The second-order valence-corrected chi connectivity index (χ2v) is 8.68. The summed E-state index contributed by atoms with van der Waals surface area (Å²) in [5, 5.41) is 10.1. The zero-order valence-electron chi connectivity index (χ0n) is 16.4. The van der Waals surface area contributed by atoms with E-state index in [1.54, 1.807) is 24.3 Å². The Morgan fingerprint density at radius 1 is 1.03 bits per heavy atom. The van der Waals surface area contributed by atoms with E-state index in [-0.39, 0.29) is 23.4 Å². The van der Waals surface area contributed by atoms with Gasteiger partial charge in [-0.1, -0.05) is 35.3 Å². The van der Waals surface area contributed by atoms with Crippen molar-refractivity contribution in [1.82, 2.24) is 4.90 Å². The highest BCUT2D eigenvalue weighted by atomic mass is 35.5. The molecule has 0 aromatic heterocycles. The first-order chi connectivity index (χ1) is 14.4. The van der Waals surface area contributed by atoms with Crippen LogP contribution in [0, 0.1) is 5.92 Å². The normalized spacial score (nSPS) is 20.0. The van der Waals surface area contributed by atoms with E-state index in [0.29, 0.717) is 29.7 Å². The van der Waals surface area contributed by atoms with Gasteiger partial charge in [0.1, 0.15) is 0 Å². The van der Waals surface area contributed by atoms with Gasteiger partial charge < -0.3 is 14.7 Å². The molecule has 0 bridgehead atoms. The first kappa shape index (κ1) is 21.2. The number of ether oxygens (including phenoxy) is 1. The summed E-state index contributed by atoms with van der Waals surface area (Å²) in [4.78, 5) is 26.0. The fourth-order valence-corrected chi connectivity index (χ4v) is 4.97. The Labute approximate surface area is 185 Å². The lowest BCUT2D eigenvalue weighted by atomic mass is 9.95. The van der Waals surface area contributed by atoms with Crippen molar-refractivity contribution in [3.63, 3.8) is 0 Å². The Balaban J connectivity index is 1.50. The van der Waals surface area contributed by atoms with Crippen molar-refractivity contribution in [3.8, 4) is 11.1 Å². The Morgan fingerprint density at radius 3 is 2.27 bits per heavy atom. The van der Waals surface area contributed by atoms with Gasteiger partial charge in [-0.25, -0.2) is 4.79 Å². The Morgan fingerprint density at radius 2 is 1.67 bits per heavy atom. The van der Waals surface area contributed by atoms with Crippen LogP contribution in [0.1, 0.15) is 35.2 Å². The molecule has 1 N–H and O–H groups in total. The van der Waals surface area contributed by atoms with E-state index >= 15 is 0 Å². The van der Waals surface area contributed by atoms with Crippen LogP contribution >= 0.6 is 23.2 Å². The van der Waals surface area contributed by atoms with Crippen LogP contribution in [0.15, 0.2) is 36.4 Å². The second-order valence-electron chi connectivity index (χ2n) is 7.87. The van der Waals surface area contributed by atoms with Crippen molar-refractivity contribution in [3.05, 3.63) is 57.6 Å². The molecule has 2 fully saturated rings. The van der Waals surface area contributed by atoms with E-state index in [0.717, 1.165) is 42.5 Å². The van der Waals surface area contributed by atoms with Crippen molar-refractivity contribution in [1.29, 1.82) is 0 Å². The van der Waals surface area contributed by atoms with Crippen LogP contribution in [-0.2, 0) is 16.0 Å². The molecule has 1 amide bonds. The average molecular weight is 448 g/mol. The van der Waals surface area contributed by atoms with Gasteiger partial charge in [0.2, 0.25) is 5.91 Å². The quantitative estimate of drug-likeness (QED) is 0.705. The molecule has 2 aliphatic heterocycles. The molecule has 30 heavy (non-hydrogen) atoms. The lowest BCUT2D eigenvalue weighted by molar-refractivity contribution is -0.134. The van der Waals surface area contributed by atoms with Gasteiger partial charge in [0.05, 0.1) is 5.56 Å². The van der Waals surface area contributed by atoms with E-state index in [9.17, 15) is 9.59 Å². The minimum Gasteiger partial charge on any atom is -0.478 e. The monoisotopic (exact) mass is 447 g/mol. The third-order valence-electron chi connectivity index (χ3n) is 6.04. The first-order valence-electron chi connectivity index (χ1n) is 10.1. The molecule has 0 aliphatic carbocycles. The number of aromatic carboxylic acids is 1. The SMILES string of the molecule is O=C(O)c1ccc(-c2cc(Cl)c(C[C@@H]3CCN(C4CCOCC4)C3=O)c(Cl)c2)cc1. The maximum Gasteiger partial charge on any atom is 0.335 e. The summed E-state index contributed by atoms with van der Waals surface area (Å²) >= 11 is 13.1. The molecule has 0 spiro atoms. The van der Waals surface area contributed by atoms with E-state index in [4.69, 9.17) is 33.0 Å². The number of hydrogen-bond donors (Lipinski definition) is 1. The summed E-state index contributed by atoms with van der Waals surface area (Å²) < 4.78 is 5.41. The van der Waals surface area contributed by atoms with Gasteiger partial charge in [0.15, 0.2) is 0 Å². The number of carboxylic acid groups (broad SMARTS) is 1. The number of rotatable bonds is 5. The van der Waals surface area contributed by atoms with Crippen molar-refractivity contribution >= 4 is 35.1 Å². The van der Waals surface area contributed by atoms with Crippen molar-refractivity contribution in [2.45, 2.75) is 31.7 Å². The van der Waals surface area contributed by atoms with Gasteiger partial charge in [-0.05, 0) is 66.6 Å². The van der Waals surface area contributed by atoms with Gasteiger partial charge in [-0.3, -0.25) is 4.79 Å². The average Bonchev–Trinajstić information content (AvgIpc) is 3.11. The number of benzene rings is 2.